The van der Waals surface area contributed by atoms with E-state index in [0.29, 0.717) is 0 Å². The van der Waals surface area contributed by atoms with Gasteiger partial charge in [0.05, 0.1) is 0 Å². The Hall–Kier alpha value is -8.14. The standard InChI is InChI=1S/C58H37NO2/c1-2-9-38(10-3-1)39-17-19-40(20-18-39)41-21-29-46(30-22-41)59(47-31-23-42(24-32-47)45-28-35-52-51-13-6-7-15-54(51)60-56(52)37-45)48-33-25-44(26-34-48)49-14-8-16-55-57(49)53-36-27-43-11-4-5-12-50(43)58(53)61-55/h1-37H. The zero-order valence-corrected chi connectivity index (χ0v) is 33.1. The number of hydrogen-bond acceptors (Lipinski definition) is 3. The highest BCUT2D eigenvalue weighted by atomic mass is 16.3. The summed E-state index contributed by atoms with van der Waals surface area (Å²) in [6.07, 6.45) is 0. The van der Waals surface area contributed by atoms with Gasteiger partial charge in [0.25, 0.3) is 0 Å². The van der Waals surface area contributed by atoms with Crippen molar-refractivity contribution >= 4 is 71.7 Å². The molecule has 61 heavy (non-hydrogen) atoms. The van der Waals surface area contributed by atoms with Gasteiger partial charge in [-0.3, -0.25) is 0 Å². The third-order valence-corrected chi connectivity index (χ3v) is 12.1. The summed E-state index contributed by atoms with van der Waals surface area (Å²) in [6, 6.07) is 79.9. The molecule has 3 nitrogen and oxygen atoms in total. The molecule has 0 bridgehead atoms. The molecule has 0 aliphatic carbocycles. The Bertz CT molecular complexity index is 3540. The number of nitrogens with zero attached hydrogens (tertiary/aromatic N) is 1. The molecule has 0 unspecified atom stereocenters. The van der Waals surface area contributed by atoms with Gasteiger partial charge in [-0.25, -0.2) is 0 Å². The Morgan fingerprint density at radius 3 is 1.46 bits per heavy atom. The van der Waals surface area contributed by atoms with E-state index in [9.17, 15) is 0 Å². The largest absolute Gasteiger partial charge is 0.456 e. The Balaban J connectivity index is 0.918. The number of furan rings is 2. The Labute approximate surface area is 353 Å². The molecule has 0 spiro atoms. The average Bonchev–Trinajstić information content (AvgIpc) is 3.91. The number of hydrogen-bond donors (Lipinski definition) is 0. The molecule has 10 aromatic carbocycles. The van der Waals surface area contributed by atoms with Gasteiger partial charge in [-0.2, -0.15) is 0 Å². The molecule has 0 saturated carbocycles. The van der Waals surface area contributed by atoms with Crippen molar-refractivity contribution in [3.8, 4) is 44.5 Å². The molecular weight excluding hydrogens is 743 g/mol. The van der Waals surface area contributed by atoms with Gasteiger partial charge in [0, 0.05) is 44.0 Å². The van der Waals surface area contributed by atoms with Crippen LogP contribution in [0, 0.1) is 0 Å². The second-order valence-electron chi connectivity index (χ2n) is 15.7. The Morgan fingerprint density at radius 1 is 0.279 bits per heavy atom. The lowest BCUT2D eigenvalue weighted by atomic mass is 9.97. The first-order valence-corrected chi connectivity index (χ1v) is 20.7. The van der Waals surface area contributed by atoms with Crippen molar-refractivity contribution in [2.24, 2.45) is 0 Å². The van der Waals surface area contributed by atoms with E-state index in [1.807, 2.05) is 12.1 Å². The quantitative estimate of drug-likeness (QED) is 0.161. The van der Waals surface area contributed by atoms with Gasteiger partial charge in [-0.1, -0.05) is 158 Å². The van der Waals surface area contributed by atoms with E-state index < -0.39 is 0 Å². The highest BCUT2D eigenvalue weighted by Crippen LogP contribution is 2.42. The summed E-state index contributed by atoms with van der Waals surface area (Å²) in [4.78, 5) is 2.33. The monoisotopic (exact) mass is 779 g/mol. The van der Waals surface area contributed by atoms with Crippen LogP contribution in [0.3, 0.4) is 0 Å². The molecule has 12 aromatic rings. The number of anilines is 3. The van der Waals surface area contributed by atoms with Crippen LogP contribution >= 0.6 is 0 Å². The normalized spacial score (nSPS) is 11.6. The van der Waals surface area contributed by atoms with Gasteiger partial charge < -0.3 is 13.7 Å². The van der Waals surface area contributed by atoms with Crippen molar-refractivity contribution in [2.45, 2.75) is 0 Å². The lowest BCUT2D eigenvalue weighted by Crippen LogP contribution is -2.09. The van der Waals surface area contributed by atoms with Gasteiger partial charge in [-0.15, -0.1) is 0 Å². The minimum absolute atomic E-state index is 0.893. The molecule has 286 valence electrons. The average molecular weight is 780 g/mol. The molecule has 0 amide bonds. The Kier molecular flexibility index (Phi) is 8.17. The van der Waals surface area contributed by atoms with Gasteiger partial charge in [-0.05, 0) is 117 Å². The van der Waals surface area contributed by atoms with Crippen LogP contribution in [0.4, 0.5) is 17.1 Å². The highest BCUT2D eigenvalue weighted by molar-refractivity contribution is 6.19. The number of para-hydroxylation sites is 1. The van der Waals surface area contributed by atoms with Crippen LogP contribution in [0.2, 0.25) is 0 Å². The molecule has 3 heteroatoms. The molecule has 0 aliphatic rings. The summed E-state index contributed by atoms with van der Waals surface area (Å²) in [5.41, 5.74) is 16.1. The van der Waals surface area contributed by atoms with Crippen molar-refractivity contribution < 1.29 is 8.83 Å². The van der Waals surface area contributed by atoms with Crippen molar-refractivity contribution in [3.63, 3.8) is 0 Å². The van der Waals surface area contributed by atoms with E-state index in [1.54, 1.807) is 0 Å². The van der Waals surface area contributed by atoms with Gasteiger partial charge >= 0.3 is 0 Å². The SMILES string of the molecule is c1ccc(-c2ccc(-c3ccc(N(c4ccc(-c5ccc6c(c5)oc5ccccc56)cc4)c4ccc(-c5cccc6oc7c8ccccc8ccc7c56)cc4)cc3)cc2)cc1. The van der Waals surface area contributed by atoms with Crippen LogP contribution in [0.25, 0.3) is 99.2 Å². The Morgan fingerprint density at radius 2 is 0.770 bits per heavy atom. The molecule has 0 aliphatic heterocycles. The molecule has 0 N–H and O–H groups in total. The molecule has 0 atom stereocenters. The maximum Gasteiger partial charge on any atom is 0.143 e. The van der Waals surface area contributed by atoms with Crippen molar-refractivity contribution in [2.75, 3.05) is 4.90 Å². The van der Waals surface area contributed by atoms with E-state index in [0.717, 1.165) is 88.6 Å². The number of benzene rings is 10. The molecular formula is C58H37NO2. The lowest BCUT2D eigenvalue weighted by molar-refractivity contribution is 0.669. The molecule has 2 heterocycles. The van der Waals surface area contributed by atoms with Crippen LogP contribution < -0.4 is 4.90 Å². The van der Waals surface area contributed by atoms with Crippen LogP contribution in [-0.2, 0) is 0 Å². The maximum atomic E-state index is 6.54. The van der Waals surface area contributed by atoms with Crippen molar-refractivity contribution in [3.05, 3.63) is 224 Å². The van der Waals surface area contributed by atoms with Crippen LogP contribution in [-0.4, -0.2) is 0 Å². The maximum absolute atomic E-state index is 6.54. The first kappa shape index (κ1) is 34.9. The second-order valence-corrected chi connectivity index (χ2v) is 15.7. The fourth-order valence-electron chi connectivity index (χ4n) is 9.03. The van der Waals surface area contributed by atoms with E-state index in [2.05, 4.69) is 217 Å². The predicted molar refractivity (Wildman–Crippen MR) is 255 cm³/mol. The molecule has 0 saturated heterocycles. The number of rotatable bonds is 7. The van der Waals surface area contributed by atoms with Crippen LogP contribution in [0.5, 0.6) is 0 Å². The molecule has 2 aromatic heterocycles. The van der Waals surface area contributed by atoms with Gasteiger partial charge in [0.1, 0.15) is 22.3 Å². The topological polar surface area (TPSA) is 29.5 Å². The predicted octanol–water partition coefficient (Wildman–Crippen LogP) is 16.8. The number of fused-ring (bicyclic) bond motifs is 8. The summed E-state index contributed by atoms with van der Waals surface area (Å²) in [7, 11) is 0. The second kappa shape index (κ2) is 14.3. The van der Waals surface area contributed by atoms with E-state index in [1.165, 1.54) is 27.6 Å². The van der Waals surface area contributed by atoms with Gasteiger partial charge in [0.15, 0.2) is 0 Å². The highest BCUT2D eigenvalue weighted by Gasteiger charge is 2.18. The lowest BCUT2D eigenvalue weighted by Gasteiger charge is -2.26. The fourth-order valence-corrected chi connectivity index (χ4v) is 9.03. The zero-order valence-electron chi connectivity index (χ0n) is 33.1. The smallest absolute Gasteiger partial charge is 0.143 e. The summed E-state index contributed by atoms with van der Waals surface area (Å²) in [6.45, 7) is 0. The first-order chi connectivity index (χ1) is 30.2. The summed E-state index contributed by atoms with van der Waals surface area (Å²) in [5, 5.41) is 6.84. The third kappa shape index (κ3) is 6.06. The van der Waals surface area contributed by atoms with Crippen molar-refractivity contribution in [1.29, 1.82) is 0 Å². The van der Waals surface area contributed by atoms with E-state index >= 15 is 0 Å². The molecule has 0 fully saturated rings. The zero-order chi connectivity index (χ0) is 40.3. The van der Waals surface area contributed by atoms with E-state index in [4.69, 9.17) is 8.83 Å². The minimum Gasteiger partial charge on any atom is -0.456 e. The molecule has 0 radical (unpaired) electrons. The third-order valence-electron chi connectivity index (χ3n) is 12.1. The first-order valence-electron chi connectivity index (χ1n) is 20.7. The molecule has 12 rings (SSSR count). The summed E-state index contributed by atoms with van der Waals surface area (Å²) < 4.78 is 12.8. The van der Waals surface area contributed by atoms with E-state index in [-0.39, 0.29) is 0 Å². The van der Waals surface area contributed by atoms with Crippen LogP contribution in [0.1, 0.15) is 0 Å². The van der Waals surface area contributed by atoms with Crippen LogP contribution in [0.15, 0.2) is 233 Å². The van der Waals surface area contributed by atoms with Gasteiger partial charge in [0.2, 0.25) is 0 Å². The minimum atomic E-state index is 0.893. The summed E-state index contributed by atoms with van der Waals surface area (Å²) in [5.74, 6) is 0. The fraction of sp³-hybridized carbons (Fsp3) is 0. The van der Waals surface area contributed by atoms with Crippen molar-refractivity contribution in [1.82, 2.24) is 0 Å². The summed E-state index contributed by atoms with van der Waals surface area (Å²) >= 11 is 0.